The molecule has 88 valence electrons. The molecule has 0 aliphatic carbocycles. The Bertz CT molecular complexity index is 353. The van der Waals surface area contributed by atoms with E-state index in [-0.39, 0.29) is 5.92 Å². The van der Waals surface area contributed by atoms with Crippen LogP contribution in [0.1, 0.15) is 24.0 Å². The Kier molecular flexibility index (Phi) is 4.92. The van der Waals surface area contributed by atoms with Crippen molar-refractivity contribution in [1.29, 1.82) is 0 Å². The van der Waals surface area contributed by atoms with E-state index in [0.717, 1.165) is 17.5 Å². The SMILES string of the molecule is Cc1cncc(CC(CCCN)C(=O)O)c1. The monoisotopic (exact) mass is 222 g/mol. The van der Waals surface area contributed by atoms with Gasteiger partial charge >= 0.3 is 5.97 Å². The number of hydrogen-bond acceptors (Lipinski definition) is 3. The van der Waals surface area contributed by atoms with Gasteiger partial charge < -0.3 is 10.8 Å². The smallest absolute Gasteiger partial charge is 0.306 e. The predicted octanol–water partition coefficient (Wildman–Crippen LogP) is 1.37. The Balaban J connectivity index is 2.64. The number of hydrogen-bond donors (Lipinski definition) is 2. The van der Waals surface area contributed by atoms with E-state index in [2.05, 4.69) is 4.98 Å². The van der Waals surface area contributed by atoms with E-state index in [4.69, 9.17) is 10.8 Å². The van der Waals surface area contributed by atoms with Gasteiger partial charge in [0.2, 0.25) is 0 Å². The van der Waals surface area contributed by atoms with E-state index < -0.39 is 5.97 Å². The minimum absolute atomic E-state index is 0.354. The highest BCUT2D eigenvalue weighted by Gasteiger charge is 2.17. The van der Waals surface area contributed by atoms with Gasteiger partial charge in [-0.25, -0.2) is 0 Å². The largest absolute Gasteiger partial charge is 0.481 e. The zero-order chi connectivity index (χ0) is 12.0. The van der Waals surface area contributed by atoms with Crippen LogP contribution in [0.15, 0.2) is 18.5 Å². The predicted molar refractivity (Wildman–Crippen MR) is 62.1 cm³/mol. The fourth-order valence-electron chi connectivity index (χ4n) is 1.69. The summed E-state index contributed by atoms with van der Waals surface area (Å²) in [6.07, 6.45) is 5.39. The van der Waals surface area contributed by atoms with Crippen LogP contribution in [0.4, 0.5) is 0 Å². The van der Waals surface area contributed by atoms with Crippen LogP contribution >= 0.6 is 0 Å². The fourth-order valence-corrected chi connectivity index (χ4v) is 1.69. The minimum atomic E-state index is -0.755. The molecule has 0 aliphatic heterocycles. The molecule has 1 aromatic rings. The number of carboxylic acids is 1. The number of aryl methyl sites for hydroxylation is 1. The van der Waals surface area contributed by atoms with E-state index in [9.17, 15) is 4.79 Å². The first-order valence-electron chi connectivity index (χ1n) is 5.47. The van der Waals surface area contributed by atoms with Crippen molar-refractivity contribution in [2.24, 2.45) is 11.7 Å². The molecule has 1 aromatic heterocycles. The highest BCUT2D eigenvalue weighted by Crippen LogP contribution is 2.14. The number of carboxylic acid groups (broad SMARTS) is 1. The normalized spacial score (nSPS) is 12.4. The molecule has 1 rings (SSSR count). The molecule has 4 nitrogen and oxygen atoms in total. The van der Waals surface area contributed by atoms with Gasteiger partial charge in [0.25, 0.3) is 0 Å². The van der Waals surface area contributed by atoms with Crippen molar-refractivity contribution in [1.82, 2.24) is 4.98 Å². The van der Waals surface area contributed by atoms with E-state index in [0.29, 0.717) is 19.4 Å². The van der Waals surface area contributed by atoms with Gasteiger partial charge in [0.15, 0.2) is 0 Å². The van der Waals surface area contributed by atoms with Crippen molar-refractivity contribution in [2.45, 2.75) is 26.2 Å². The molecule has 1 atom stereocenters. The summed E-state index contributed by atoms with van der Waals surface area (Å²) in [7, 11) is 0. The summed E-state index contributed by atoms with van der Waals surface area (Å²) in [5, 5.41) is 9.07. The second-order valence-electron chi connectivity index (χ2n) is 4.04. The van der Waals surface area contributed by atoms with Crippen LogP contribution in [0.5, 0.6) is 0 Å². The van der Waals surface area contributed by atoms with E-state index in [1.807, 2.05) is 13.0 Å². The summed E-state index contributed by atoms with van der Waals surface area (Å²) in [4.78, 5) is 15.1. The van der Waals surface area contributed by atoms with Gasteiger partial charge in [-0.05, 0) is 43.9 Å². The van der Waals surface area contributed by atoms with Gasteiger partial charge in [0.1, 0.15) is 0 Å². The molecular weight excluding hydrogens is 204 g/mol. The van der Waals surface area contributed by atoms with Crippen LogP contribution in [0, 0.1) is 12.8 Å². The lowest BCUT2D eigenvalue weighted by molar-refractivity contribution is -0.141. The maximum atomic E-state index is 11.0. The van der Waals surface area contributed by atoms with Crippen molar-refractivity contribution in [2.75, 3.05) is 6.54 Å². The quantitative estimate of drug-likeness (QED) is 0.762. The molecule has 0 amide bonds. The molecule has 1 unspecified atom stereocenters. The van der Waals surface area contributed by atoms with E-state index >= 15 is 0 Å². The molecule has 3 N–H and O–H groups in total. The van der Waals surface area contributed by atoms with Crippen LogP contribution in [0.25, 0.3) is 0 Å². The van der Waals surface area contributed by atoms with Gasteiger partial charge in [0, 0.05) is 12.4 Å². The zero-order valence-corrected chi connectivity index (χ0v) is 9.52. The van der Waals surface area contributed by atoms with E-state index in [1.54, 1.807) is 12.4 Å². The lowest BCUT2D eigenvalue weighted by Crippen LogP contribution is -2.18. The molecule has 0 radical (unpaired) electrons. The fraction of sp³-hybridized carbons (Fsp3) is 0.500. The number of carbonyl (C=O) groups is 1. The number of nitrogens with zero attached hydrogens (tertiary/aromatic N) is 1. The van der Waals surface area contributed by atoms with Crippen LogP contribution < -0.4 is 5.73 Å². The number of pyridine rings is 1. The third-order valence-electron chi connectivity index (χ3n) is 2.52. The van der Waals surface area contributed by atoms with Crippen LogP contribution in [0.3, 0.4) is 0 Å². The molecule has 16 heavy (non-hydrogen) atoms. The molecule has 1 heterocycles. The molecule has 4 heteroatoms. The Hall–Kier alpha value is -1.42. The maximum Gasteiger partial charge on any atom is 0.306 e. The Morgan fingerprint density at radius 3 is 2.88 bits per heavy atom. The summed E-state index contributed by atoms with van der Waals surface area (Å²) in [5.74, 6) is -1.11. The summed E-state index contributed by atoms with van der Waals surface area (Å²) >= 11 is 0. The first kappa shape index (κ1) is 12.6. The third-order valence-corrected chi connectivity index (χ3v) is 2.52. The summed E-state index contributed by atoms with van der Waals surface area (Å²) in [5.41, 5.74) is 7.42. The summed E-state index contributed by atoms with van der Waals surface area (Å²) in [6.45, 7) is 2.49. The van der Waals surface area contributed by atoms with Crippen LogP contribution in [-0.4, -0.2) is 22.6 Å². The van der Waals surface area contributed by atoms with Crippen molar-refractivity contribution < 1.29 is 9.90 Å². The average Bonchev–Trinajstić information content (AvgIpc) is 2.24. The molecule has 0 saturated carbocycles. The second-order valence-corrected chi connectivity index (χ2v) is 4.04. The number of aliphatic carboxylic acids is 1. The highest BCUT2D eigenvalue weighted by atomic mass is 16.4. The molecular formula is C12H18N2O2. The minimum Gasteiger partial charge on any atom is -0.481 e. The molecule has 0 spiro atoms. The first-order chi connectivity index (χ1) is 7.63. The standard InChI is InChI=1S/C12H18N2O2/c1-9-5-10(8-14-7-9)6-11(12(15)16)3-2-4-13/h5,7-8,11H,2-4,6,13H2,1H3,(H,15,16). The number of rotatable bonds is 6. The Labute approximate surface area is 95.5 Å². The van der Waals surface area contributed by atoms with Gasteiger partial charge in [-0.15, -0.1) is 0 Å². The van der Waals surface area contributed by atoms with Gasteiger partial charge in [-0.1, -0.05) is 6.07 Å². The molecule has 0 bridgehead atoms. The third kappa shape index (κ3) is 3.98. The van der Waals surface area contributed by atoms with Crippen molar-refractivity contribution in [3.8, 4) is 0 Å². The Morgan fingerprint density at radius 1 is 1.56 bits per heavy atom. The topological polar surface area (TPSA) is 76.2 Å². The van der Waals surface area contributed by atoms with Gasteiger partial charge in [-0.3, -0.25) is 9.78 Å². The van der Waals surface area contributed by atoms with E-state index in [1.165, 1.54) is 0 Å². The first-order valence-corrected chi connectivity index (χ1v) is 5.47. The molecule has 0 aromatic carbocycles. The molecule has 0 saturated heterocycles. The highest BCUT2D eigenvalue weighted by molar-refractivity contribution is 5.70. The zero-order valence-electron chi connectivity index (χ0n) is 9.52. The maximum absolute atomic E-state index is 11.0. The van der Waals surface area contributed by atoms with Crippen molar-refractivity contribution in [3.05, 3.63) is 29.6 Å². The number of aromatic nitrogens is 1. The summed E-state index contributed by atoms with van der Waals surface area (Å²) in [6, 6.07) is 1.98. The van der Waals surface area contributed by atoms with Crippen molar-refractivity contribution in [3.63, 3.8) is 0 Å². The van der Waals surface area contributed by atoms with Crippen molar-refractivity contribution >= 4 is 5.97 Å². The molecule has 0 aliphatic rings. The number of nitrogens with two attached hydrogens (primary N) is 1. The van der Waals surface area contributed by atoms with Gasteiger partial charge in [0.05, 0.1) is 5.92 Å². The van der Waals surface area contributed by atoms with Crippen LogP contribution in [0.2, 0.25) is 0 Å². The lowest BCUT2D eigenvalue weighted by atomic mass is 9.95. The summed E-state index contributed by atoms with van der Waals surface area (Å²) < 4.78 is 0. The molecule has 0 fully saturated rings. The lowest BCUT2D eigenvalue weighted by Gasteiger charge is -2.11. The Morgan fingerprint density at radius 2 is 2.31 bits per heavy atom. The van der Waals surface area contributed by atoms with Gasteiger partial charge in [-0.2, -0.15) is 0 Å². The van der Waals surface area contributed by atoms with Crippen LogP contribution in [-0.2, 0) is 11.2 Å². The second kappa shape index (κ2) is 6.23. The average molecular weight is 222 g/mol.